The number of aryl methyl sites for hydroxylation is 2. The number of carbonyl (C=O) groups is 1. The van der Waals surface area contributed by atoms with Crippen molar-refractivity contribution in [2.75, 3.05) is 30.4 Å². The maximum atomic E-state index is 15.8. The fraction of sp³-hybridized carbons (Fsp3) is 0.250. The van der Waals surface area contributed by atoms with Crippen LogP contribution in [-0.4, -0.2) is 31.3 Å². The van der Waals surface area contributed by atoms with Crippen LogP contribution in [-0.2, 0) is 17.6 Å². The molecule has 4 aromatic rings. The van der Waals surface area contributed by atoms with Crippen LogP contribution in [0.4, 0.5) is 20.6 Å². The highest BCUT2D eigenvalue weighted by molar-refractivity contribution is 5.96. The van der Waals surface area contributed by atoms with Crippen LogP contribution in [0, 0.1) is 5.82 Å². The smallest absolute Gasteiger partial charge is 0.411 e. The van der Waals surface area contributed by atoms with Crippen molar-refractivity contribution in [2.24, 2.45) is 0 Å². The van der Waals surface area contributed by atoms with E-state index in [0.29, 0.717) is 16.8 Å². The molecule has 2 N–H and O–H groups in total. The zero-order chi connectivity index (χ0) is 23.8. The van der Waals surface area contributed by atoms with Gasteiger partial charge < -0.3 is 14.6 Å². The van der Waals surface area contributed by atoms with Gasteiger partial charge in [-0.25, -0.2) is 9.18 Å². The number of halogens is 1. The molecule has 1 aromatic heterocycles. The van der Waals surface area contributed by atoms with Crippen molar-refractivity contribution < 1.29 is 13.9 Å². The SMILES string of the molecule is CCN(CC)c1ccc(-c2ccc3c4c([nH]c3c2F)-c2ccc(NC(=O)OC)cc2CC4)cc1. The van der Waals surface area contributed by atoms with Crippen molar-refractivity contribution >= 4 is 28.4 Å². The van der Waals surface area contributed by atoms with Gasteiger partial charge in [-0.15, -0.1) is 0 Å². The van der Waals surface area contributed by atoms with Gasteiger partial charge in [0.05, 0.1) is 18.3 Å². The van der Waals surface area contributed by atoms with Crippen LogP contribution < -0.4 is 10.2 Å². The summed E-state index contributed by atoms with van der Waals surface area (Å²) in [7, 11) is 1.34. The van der Waals surface area contributed by atoms with E-state index in [1.807, 2.05) is 42.5 Å². The number of hydrogen-bond donors (Lipinski definition) is 2. The summed E-state index contributed by atoms with van der Waals surface area (Å²) in [6, 6.07) is 17.8. The minimum absolute atomic E-state index is 0.229. The minimum atomic E-state index is -0.498. The molecule has 0 unspecified atom stereocenters. The number of carbonyl (C=O) groups excluding carboxylic acids is 1. The highest BCUT2D eigenvalue weighted by Crippen LogP contribution is 2.41. The number of H-pyrrole nitrogens is 1. The Balaban J connectivity index is 1.53. The lowest BCUT2D eigenvalue weighted by atomic mass is 9.88. The first-order chi connectivity index (χ1) is 16.5. The molecule has 1 heterocycles. The number of hydrogen-bond acceptors (Lipinski definition) is 3. The van der Waals surface area contributed by atoms with Crippen LogP contribution in [0.5, 0.6) is 0 Å². The van der Waals surface area contributed by atoms with Gasteiger partial charge in [-0.05, 0) is 67.6 Å². The predicted octanol–water partition coefficient (Wildman–Crippen LogP) is 6.76. The van der Waals surface area contributed by atoms with E-state index in [1.165, 1.54) is 7.11 Å². The molecule has 5 rings (SSSR count). The molecule has 1 aliphatic carbocycles. The topological polar surface area (TPSA) is 57.4 Å². The van der Waals surface area contributed by atoms with Gasteiger partial charge in [0, 0.05) is 41.0 Å². The third kappa shape index (κ3) is 3.69. The average molecular weight is 458 g/mol. The molecule has 0 spiro atoms. The van der Waals surface area contributed by atoms with Crippen LogP contribution in [0.2, 0.25) is 0 Å². The van der Waals surface area contributed by atoms with E-state index in [-0.39, 0.29) is 5.82 Å². The zero-order valence-electron chi connectivity index (χ0n) is 19.7. The number of ether oxygens (including phenoxy) is 1. The molecule has 0 radical (unpaired) electrons. The van der Waals surface area contributed by atoms with E-state index in [9.17, 15) is 4.79 Å². The Morgan fingerprint density at radius 1 is 1.03 bits per heavy atom. The van der Waals surface area contributed by atoms with Crippen molar-refractivity contribution in [3.63, 3.8) is 0 Å². The van der Waals surface area contributed by atoms with Crippen LogP contribution >= 0.6 is 0 Å². The fourth-order valence-electron chi connectivity index (χ4n) is 4.99. The maximum absolute atomic E-state index is 15.8. The highest BCUT2D eigenvalue weighted by Gasteiger charge is 2.23. The number of rotatable bonds is 5. The largest absolute Gasteiger partial charge is 0.453 e. The molecular formula is C28H28FN3O2. The average Bonchev–Trinajstić information content (AvgIpc) is 3.25. The molecule has 0 aliphatic heterocycles. The number of aromatic nitrogens is 1. The molecule has 0 saturated carbocycles. The number of amides is 1. The van der Waals surface area contributed by atoms with Gasteiger partial charge in [-0.3, -0.25) is 5.32 Å². The Labute approximate surface area is 198 Å². The summed E-state index contributed by atoms with van der Waals surface area (Å²) in [5.74, 6) is -0.229. The molecule has 5 nitrogen and oxygen atoms in total. The lowest BCUT2D eigenvalue weighted by Gasteiger charge is -2.21. The third-order valence-corrected chi connectivity index (χ3v) is 6.78. The standard InChI is InChI=1S/C28H28FN3O2/c1-4-32(5-2)20-10-6-17(7-11-20)21-14-15-24-23-12-8-18-16-19(30-28(33)34-3)9-13-22(18)26(23)31-27(24)25(21)29/h6-7,9-11,13-16,31H,4-5,8,12H2,1-3H3,(H,30,33). The molecule has 3 aromatic carbocycles. The normalized spacial score (nSPS) is 12.2. The molecule has 6 heteroatoms. The van der Waals surface area contributed by atoms with Crippen LogP contribution in [0.25, 0.3) is 33.3 Å². The molecule has 0 saturated heterocycles. The molecule has 34 heavy (non-hydrogen) atoms. The minimum Gasteiger partial charge on any atom is -0.453 e. The van der Waals surface area contributed by atoms with Crippen molar-refractivity contribution in [2.45, 2.75) is 26.7 Å². The molecule has 0 fully saturated rings. The van der Waals surface area contributed by atoms with E-state index in [0.717, 1.165) is 65.0 Å². The Morgan fingerprint density at radius 3 is 2.47 bits per heavy atom. The monoisotopic (exact) mass is 457 g/mol. The van der Waals surface area contributed by atoms with Gasteiger partial charge in [0.15, 0.2) is 5.82 Å². The van der Waals surface area contributed by atoms with Crippen LogP contribution in [0.15, 0.2) is 54.6 Å². The molecule has 1 amide bonds. The summed E-state index contributed by atoms with van der Waals surface area (Å²) in [5, 5.41) is 3.64. The summed E-state index contributed by atoms with van der Waals surface area (Å²) >= 11 is 0. The number of benzene rings is 3. The van der Waals surface area contributed by atoms with E-state index >= 15 is 4.39 Å². The van der Waals surface area contributed by atoms with Gasteiger partial charge in [0.25, 0.3) is 0 Å². The summed E-state index contributed by atoms with van der Waals surface area (Å²) in [6.07, 6.45) is 1.13. The van der Waals surface area contributed by atoms with Crippen molar-refractivity contribution in [3.8, 4) is 22.4 Å². The highest BCUT2D eigenvalue weighted by atomic mass is 19.1. The quantitative estimate of drug-likeness (QED) is 0.348. The second-order valence-electron chi connectivity index (χ2n) is 8.54. The zero-order valence-corrected chi connectivity index (χ0v) is 19.7. The summed E-state index contributed by atoms with van der Waals surface area (Å²) < 4.78 is 20.4. The Hall–Kier alpha value is -3.80. The fourth-order valence-corrected chi connectivity index (χ4v) is 4.99. The number of nitrogens with one attached hydrogen (secondary N) is 2. The Morgan fingerprint density at radius 2 is 1.76 bits per heavy atom. The predicted molar refractivity (Wildman–Crippen MR) is 136 cm³/mol. The lowest BCUT2D eigenvalue weighted by Crippen LogP contribution is -2.21. The Bertz CT molecular complexity index is 1370. The molecule has 0 atom stereocenters. The van der Waals surface area contributed by atoms with Crippen molar-refractivity contribution in [1.29, 1.82) is 0 Å². The summed E-state index contributed by atoms with van der Waals surface area (Å²) in [6.45, 7) is 6.14. The Kier molecular flexibility index (Phi) is 5.74. The van der Waals surface area contributed by atoms with Crippen molar-refractivity contribution in [3.05, 3.63) is 71.5 Å². The number of anilines is 2. The first-order valence-corrected chi connectivity index (χ1v) is 11.7. The van der Waals surface area contributed by atoms with E-state index in [4.69, 9.17) is 0 Å². The first kappa shape index (κ1) is 22.0. The van der Waals surface area contributed by atoms with Gasteiger partial charge in [-0.1, -0.05) is 30.3 Å². The van der Waals surface area contributed by atoms with Gasteiger partial charge in [0.1, 0.15) is 0 Å². The lowest BCUT2D eigenvalue weighted by molar-refractivity contribution is 0.187. The maximum Gasteiger partial charge on any atom is 0.411 e. The van der Waals surface area contributed by atoms with Crippen LogP contribution in [0.1, 0.15) is 25.0 Å². The molecule has 174 valence electrons. The van der Waals surface area contributed by atoms with E-state index in [2.05, 4.69) is 45.9 Å². The number of fused-ring (bicyclic) bond motifs is 5. The van der Waals surface area contributed by atoms with Crippen LogP contribution in [0.3, 0.4) is 0 Å². The second kappa shape index (κ2) is 8.86. The molecular weight excluding hydrogens is 429 g/mol. The number of aromatic amines is 1. The van der Waals surface area contributed by atoms with Gasteiger partial charge >= 0.3 is 6.09 Å². The molecule has 0 bridgehead atoms. The van der Waals surface area contributed by atoms with E-state index in [1.54, 1.807) is 0 Å². The summed E-state index contributed by atoms with van der Waals surface area (Å²) in [4.78, 5) is 17.2. The first-order valence-electron chi connectivity index (χ1n) is 11.7. The number of nitrogens with zero attached hydrogens (tertiary/aromatic N) is 1. The van der Waals surface area contributed by atoms with E-state index < -0.39 is 6.09 Å². The third-order valence-electron chi connectivity index (χ3n) is 6.78. The van der Waals surface area contributed by atoms with Gasteiger partial charge in [-0.2, -0.15) is 0 Å². The second-order valence-corrected chi connectivity index (χ2v) is 8.54. The molecule has 1 aliphatic rings. The van der Waals surface area contributed by atoms with Gasteiger partial charge in [0.2, 0.25) is 0 Å². The summed E-state index contributed by atoms with van der Waals surface area (Å²) in [5.41, 5.74) is 8.07. The van der Waals surface area contributed by atoms with Crippen molar-refractivity contribution in [1.82, 2.24) is 4.98 Å². The number of methoxy groups -OCH3 is 1.